The minimum absolute atomic E-state index is 0.0633. The minimum atomic E-state index is -0.391. The first-order valence-electron chi connectivity index (χ1n) is 11.3. The Balaban J connectivity index is 1.21. The maximum Gasteiger partial charge on any atom is 0.273 e. The molecule has 0 atom stereocenters. The Hall–Kier alpha value is -3.76. The number of hydrogen-bond acceptors (Lipinski definition) is 7. The van der Waals surface area contributed by atoms with Gasteiger partial charge >= 0.3 is 0 Å². The molecule has 36 heavy (non-hydrogen) atoms. The summed E-state index contributed by atoms with van der Waals surface area (Å²) in [5, 5.41) is 11.6. The van der Waals surface area contributed by atoms with E-state index >= 15 is 0 Å². The van der Waals surface area contributed by atoms with Crippen molar-refractivity contribution < 1.29 is 13.6 Å². The normalized spacial score (nSPS) is 13.1. The van der Waals surface area contributed by atoms with Gasteiger partial charge in [-0.15, -0.1) is 21.5 Å². The van der Waals surface area contributed by atoms with E-state index in [0.717, 1.165) is 11.4 Å². The molecule has 10 heteroatoms. The molecule has 0 aliphatic carbocycles. The van der Waals surface area contributed by atoms with Crippen molar-refractivity contribution in [2.24, 2.45) is 0 Å². The fraction of sp³-hybridized carbons (Fsp3) is 0.154. The van der Waals surface area contributed by atoms with Crippen molar-refractivity contribution in [1.29, 1.82) is 0 Å². The first kappa shape index (κ1) is 22.7. The third-order valence-corrected chi connectivity index (χ3v) is 7.95. The summed E-state index contributed by atoms with van der Waals surface area (Å²) in [6.45, 7) is 1.27. The lowest BCUT2D eigenvalue weighted by molar-refractivity contribution is 0.0729. The second kappa shape index (κ2) is 9.71. The van der Waals surface area contributed by atoms with Gasteiger partial charge in [0.15, 0.2) is 10.9 Å². The molecule has 0 fully saturated rings. The SMILES string of the molecule is O=C(c1csc(CSc2nnc(-c3ccco3)n2-c2ccccc2F)n1)N1CCc2ccccc2C1. The summed E-state index contributed by atoms with van der Waals surface area (Å²) >= 11 is 2.80. The summed E-state index contributed by atoms with van der Waals surface area (Å²) < 4.78 is 21.9. The molecule has 0 bridgehead atoms. The van der Waals surface area contributed by atoms with E-state index in [1.165, 1.54) is 46.6 Å². The number of hydrogen-bond donors (Lipinski definition) is 0. The van der Waals surface area contributed by atoms with Gasteiger partial charge in [-0.3, -0.25) is 9.36 Å². The van der Waals surface area contributed by atoms with Crippen LogP contribution in [0.3, 0.4) is 0 Å². The number of carbonyl (C=O) groups excluding carboxylic acids is 1. The first-order valence-corrected chi connectivity index (χ1v) is 13.2. The number of para-hydroxylation sites is 1. The summed E-state index contributed by atoms with van der Waals surface area (Å²) in [7, 11) is 0. The number of furan rings is 1. The van der Waals surface area contributed by atoms with Crippen LogP contribution in [0.1, 0.15) is 26.6 Å². The van der Waals surface area contributed by atoms with E-state index in [1.54, 1.807) is 40.3 Å². The van der Waals surface area contributed by atoms with Crippen LogP contribution in [0.4, 0.5) is 4.39 Å². The van der Waals surface area contributed by atoms with Crippen LogP contribution < -0.4 is 0 Å². The summed E-state index contributed by atoms with van der Waals surface area (Å²) in [5.74, 6) is 0.908. The van der Waals surface area contributed by atoms with Gasteiger partial charge < -0.3 is 9.32 Å². The summed E-state index contributed by atoms with van der Waals surface area (Å²) in [6.07, 6.45) is 2.38. The van der Waals surface area contributed by atoms with Crippen molar-refractivity contribution in [3.8, 4) is 17.3 Å². The molecule has 0 N–H and O–H groups in total. The molecule has 0 unspecified atom stereocenters. The maximum absolute atomic E-state index is 14.7. The number of halogens is 1. The second-order valence-corrected chi connectivity index (χ2v) is 10.1. The minimum Gasteiger partial charge on any atom is -0.461 e. The van der Waals surface area contributed by atoms with Crippen molar-refractivity contribution in [2.45, 2.75) is 23.9 Å². The van der Waals surface area contributed by atoms with Crippen molar-refractivity contribution in [3.63, 3.8) is 0 Å². The number of benzene rings is 2. The zero-order valence-electron chi connectivity index (χ0n) is 19.0. The number of carbonyl (C=O) groups is 1. The number of fused-ring (bicyclic) bond motifs is 1. The molecule has 7 nitrogen and oxygen atoms in total. The monoisotopic (exact) mass is 517 g/mol. The summed E-state index contributed by atoms with van der Waals surface area (Å²) in [4.78, 5) is 19.5. The van der Waals surface area contributed by atoms with E-state index < -0.39 is 5.82 Å². The van der Waals surface area contributed by atoms with Gasteiger partial charge in [0, 0.05) is 18.5 Å². The largest absolute Gasteiger partial charge is 0.461 e. The van der Waals surface area contributed by atoms with E-state index in [-0.39, 0.29) is 5.91 Å². The van der Waals surface area contributed by atoms with Crippen molar-refractivity contribution in [3.05, 3.63) is 100.0 Å². The number of thioether (sulfide) groups is 1. The molecule has 0 spiro atoms. The highest BCUT2D eigenvalue weighted by Gasteiger charge is 2.24. The van der Waals surface area contributed by atoms with Crippen LogP contribution >= 0.6 is 23.1 Å². The highest BCUT2D eigenvalue weighted by atomic mass is 32.2. The van der Waals surface area contributed by atoms with Crippen LogP contribution in [-0.4, -0.2) is 37.1 Å². The van der Waals surface area contributed by atoms with Gasteiger partial charge in [0.2, 0.25) is 5.82 Å². The molecule has 0 saturated carbocycles. The average molecular weight is 518 g/mol. The summed E-state index contributed by atoms with van der Waals surface area (Å²) in [6, 6.07) is 18.2. The van der Waals surface area contributed by atoms with Gasteiger partial charge in [0.05, 0.1) is 17.7 Å². The molecule has 2 aromatic carbocycles. The zero-order chi connectivity index (χ0) is 24.5. The van der Waals surface area contributed by atoms with E-state index in [4.69, 9.17) is 4.42 Å². The average Bonchev–Trinajstić information content (AvgIpc) is 3.68. The van der Waals surface area contributed by atoms with E-state index in [2.05, 4.69) is 27.3 Å². The predicted molar refractivity (Wildman–Crippen MR) is 136 cm³/mol. The highest BCUT2D eigenvalue weighted by Crippen LogP contribution is 2.31. The quantitative estimate of drug-likeness (QED) is 0.272. The van der Waals surface area contributed by atoms with Crippen LogP contribution in [-0.2, 0) is 18.7 Å². The third-order valence-electron chi connectivity index (χ3n) is 5.98. The molecule has 0 saturated heterocycles. The number of rotatable bonds is 6. The molecule has 5 aromatic rings. The van der Waals surface area contributed by atoms with Gasteiger partial charge in [0.1, 0.15) is 16.5 Å². The van der Waals surface area contributed by atoms with Crippen molar-refractivity contribution >= 4 is 29.0 Å². The molecule has 180 valence electrons. The van der Waals surface area contributed by atoms with Crippen molar-refractivity contribution in [1.82, 2.24) is 24.6 Å². The predicted octanol–water partition coefficient (Wildman–Crippen LogP) is 5.61. The maximum atomic E-state index is 14.7. The Labute approximate surface area is 214 Å². The fourth-order valence-electron chi connectivity index (χ4n) is 4.21. The Kier molecular flexibility index (Phi) is 6.12. The lowest BCUT2D eigenvalue weighted by Crippen LogP contribution is -2.36. The Morgan fingerprint density at radius 2 is 1.89 bits per heavy atom. The number of amides is 1. The van der Waals surface area contributed by atoms with Gasteiger partial charge in [-0.25, -0.2) is 9.37 Å². The van der Waals surface area contributed by atoms with Gasteiger partial charge in [0.25, 0.3) is 5.91 Å². The Morgan fingerprint density at radius 3 is 2.72 bits per heavy atom. The van der Waals surface area contributed by atoms with Crippen LogP contribution in [0, 0.1) is 5.82 Å². The lowest BCUT2D eigenvalue weighted by Gasteiger charge is -2.28. The number of thiazole rings is 1. The van der Waals surface area contributed by atoms with Gasteiger partial charge in [-0.1, -0.05) is 48.2 Å². The molecule has 0 radical (unpaired) electrons. The molecule has 6 rings (SSSR count). The lowest BCUT2D eigenvalue weighted by atomic mass is 10.00. The topological polar surface area (TPSA) is 77.0 Å². The first-order chi connectivity index (χ1) is 17.7. The van der Waals surface area contributed by atoms with Crippen LogP contribution in [0.25, 0.3) is 17.3 Å². The number of nitrogens with zero attached hydrogens (tertiary/aromatic N) is 5. The Morgan fingerprint density at radius 1 is 1.06 bits per heavy atom. The van der Waals surface area contributed by atoms with E-state index in [9.17, 15) is 9.18 Å². The van der Waals surface area contributed by atoms with Gasteiger partial charge in [-0.2, -0.15) is 0 Å². The summed E-state index contributed by atoms with van der Waals surface area (Å²) in [5.41, 5.74) is 3.26. The fourth-order valence-corrected chi connectivity index (χ4v) is 5.94. The molecule has 1 aliphatic rings. The molecule has 1 aliphatic heterocycles. The molecular weight excluding hydrogens is 497 g/mol. The van der Waals surface area contributed by atoms with E-state index in [0.29, 0.717) is 47.0 Å². The van der Waals surface area contributed by atoms with Crippen molar-refractivity contribution in [2.75, 3.05) is 6.54 Å². The third kappa shape index (κ3) is 4.33. The highest BCUT2D eigenvalue weighted by molar-refractivity contribution is 7.98. The zero-order valence-corrected chi connectivity index (χ0v) is 20.6. The molecule has 4 heterocycles. The molecule has 1 amide bonds. The van der Waals surface area contributed by atoms with Crippen LogP contribution in [0.15, 0.2) is 81.9 Å². The molecule has 3 aromatic heterocycles. The second-order valence-electron chi connectivity index (χ2n) is 8.23. The number of aromatic nitrogens is 4. The Bertz CT molecular complexity index is 1530. The standard InChI is InChI=1S/C26H20FN5O2S2/c27-19-8-3-4-9-21(19)32-24(22-10-5-13-34-22)29-30-26(32)36-16-23-28-20(15-35-23)25(33)31-12-11-17-6-1-2-7-18(17)14-31/h1-10,13,15H,11-12,14,16H2. The van der Waals surface area contributed by atoms with E-state index in [1.807, 2.05) is 17.0 Å². The van der Waals surface area contributed by atoms with Gasteiger partial charge in [-0.05, 0) is 41.8 Å². The van der Waals surface area contributed by atoms with Crippen LogP contribution in [0.2, 0.25) is 0 Å². The molecular formula is C26H20FN5O2S2. The smallest absolute Gasteiger partial charge is 0.273 e. The van der Waals surface area contributed by atoms with Crippen LogP contribution in [0.5, 0.6) is 0 Å².